The molecule has 1 unspecified atom stereocenters. The Morgan fingerprint density at radius 3 is 2.50 bits per heavy atom. The maximum absolute atomic E-state index is 5.98. The van der Waals surface area contributed by atoms with Crippen molar-refractivity contribution in [2.24, 2.45) is 5.41 Å². The molecule has 1 aromatic heterocycles. The minimum absolute atomic E-state index is 0.462. The van der Waals surface area contributed by atoms with Gasteiger partial charge in [-0.2, -0.15) is 0 Å². The van der Waals surface area contributed by atoms with E-state index in [1.807, 2.05) is 6.07 Å². The molecule has 1 atom stereocenters. The van der Waals surface area contributed by atoms with E-state index in [2.05, 4.69) is 26.8 Å². The molecule has 0 aliphatic carbocycles. The Hall–Kier alpha value is -0.0100. The van der Waals surface area contributed by atoms with Gasteiger partial charge in [-0.05, 0) is 30.4 Å². The zero-order valence-corrected chi connectivity index (χ0v) is 12.3. The summed E-state index contributed by atoms with van der Waals surface area (Å²) in [4.78, 5) is 1.44. The van der Waals surface area contributed by atoms with Crippen LogP contribution in [-0.2, 0) is 6.42 Å². The molecule has 92 valence electrons. The molecule has 0 amide bonds. The van der Waals surface area contributed by atoms with Crippen LogP contribution in [-0.4, -0.2) is 0 Å². The zero-order chi connectivity index (χ0) is 12.0. The molecule has 0 radical (unpaired) electrons. The van der Waals surface area contributed by atoms with E-state index in [1.165, 1.54) is 43.4 Å². The lowest BCUT2D eigenvalue weighted by molar-refractivity contribution is 0.273. The van der Waals surface area contributed by atoms with Gasteiger partial charge in [-0.15, -0.1) is 11.3 Å². The van der Waals surface area contributed by atoms with E-state index in [-0.39, 0.29) is 0 Å². The minimum Gasteiger partial charge on any atom is -0.128 e. The maximum atomic E-state index is 5.98. The number of halogens is 1. The molecular weight excluding hydrogens is 236 g/mol. The third-order valence-corrected chi connectivity index (χ3v) is 4.70. The second-order valence-electron chi connectivity index (χ2n) is 5.00. The number of unbranched alkanes of at least 4 members (excludes halogenated alkanes) is 2. The van der Waals surface area contributed by atoms with Crippen LogP contribution < -0.4 is 0 Å². The van der Waals surface area contributed by atoms with E-state index in [0.717, 1.165) is 4.34 Å². The second kappa shape index (κ2) is 6.66. The maximum Gasteiger partial charge on any atom is 0.0931 e. The van der Waals surface area contributed by atoms with Crippen LogP contribution in [0.25, 0.3) is 0 Å². The molecule has 2 heteroatoms. The first kappa shape index (κ1) is 14.1. The first-order valence-corrected chi connectivity index (χ1v) is 7.53. The molecular formula is C14H23ClS. The first-order valence-electron chi connectivity index (χ1n) is 6.34. The smallest absolute Gasteiger partial charge is 0.0931 e. The van der Waals surface area contributed by atoms with Gasteiger partial charge in [0, 0.05) is 4.88 Å². The Morgan fingerprint density at radius 2 is 2.00 bits per heavy atom. The Kier molecular flexibility index (Phi) is 5.85. The van der Waals surface area contributed by atoms with Crippen LogP contribution in [0.4, 0.5) is 0 Å². The third-order valence-electron chi connectivity index (χ3n) is 3.47. The van der Waals surface area contributed by atoms with Gasteiger partial charge in [0.2, 0.25) is 0 Å². The second-order valence-corrected chi connectivity index (χ2v) is 6.80. The highest BCUT2D eigenvalue weighted by atomic mass is 35.5. The summed E-state index contributed by atoms with van der Waals surface area (Å²) in [6, 6.07) is 4.20. The summed E-state index contributed by atoms with van der Waals surface area (Å²) >= 11 is 7.71. The van der Waals surface area contributed by atoms with Gasteiger partial charge >= 0.3 is 0 Å². The molecule has 0 aliphatic rings. The van der Waals surface area contributed by atoms with Gasteiger partial charge in [-0.25, -0.2) is 0 Å². The molecule has 1 aromatic rings. The van der Waals surface area contributed by atoms with E-state index in [1.54, 1.807) is 11.3 Å². The lowest BCUT2D eigenvalue weighted by Gasteiger charge is -2.27. The summed E-state index contributed by atoms with van der Waals surface area (Å²) in [6.45, 7) is 6.99. The fourth-order valence-corrected chi connectivity index (χ4v) is 3.36. The van der Waals surface area contributed by atoms with Gasteiger partial charge in [-0.3, -0.25) is 0 Å². The summed E-state index contributed by atoms with van der Waals surface area (Å²) in [5.41, 5.74) is 0.462. The number of hydrogen-bond acceptors (Lipinski definition) is 1. The van der Waals surface area contributed by atoms with Gasteiger partial charge in [-0.1, -0.05) is 58.1 Å². The fraction of sp³-hybridized carbons (Fsp3) is 0.714. The minimum atomic E-state index is 0.462. The van der Waals surface area contributed by atoms with Gasteiger partial charge in [0.15, 0.2) is 0 Å². The Labute approximate surface area is 109 Å². The van der Waals surface area contributed by atoms with Gasteiger partial charge in [0.1, 0.15) is 0 Å². The highest BCUT2D eigenvalue weighted by Gasteiger charge is 2.22. The van der Waals surface area contributed by atoms with E-state index in [9.17, 15) is 0 Å². The fourth-order valence-electron chi connectivity index (χ4n) is 2.06. The molecule has 0 saturated heterocycles. The van der Waals surface area contributed by atoms with Gasteiger partial charge in [0.25, 0.3) is 0 Å². The highest BCUT2D eigenvalue weighted by Crippen LogP contribution is 2.35. The standard InChI is InChI=1S/C14H23ClS/c1-4-6-7-10-14(3,5-2)11-12-8-9-13(15)16-12/h8-9H,4-7,10-11H2,1-3H3. The predicted molar refractivity (Wildman–Crippen MR) is 75.6 cm³/mol. The van der Waals surface area contributed by atoms with Crippen LogP contribution in [0, 0.1) is 5.41 Å². The van der Waals surface area contributed by atoms with Crippen LogP contribution >= 0.6 is 22.9 Å². The van der Waals surface area contributed by atoms with Crippen molar-refractivity contribution >= 4 is 22.9 Å². The van der Waals surface area contributed by atoms with E-state index < -0.39 is 0 Å². The zero-order valence-electron chi connectivity index (χ0n) is 10.7. The van der Waals surface area contributed by atoms with Gasteiger partial charge < -0.3 is 0 Å². The monoisotopic (exact) mass is 258 g/mol. The van der Waals surface area contributed by atoms with Crippen molar-refractivity contribution in [2.45, 2.75) is 59.3 Å². The first-order chi connectivity index (χ1) is 7.59. The van der Waals surface area contributed by atoms with Crippen LogP contribution in [0.2, 0.25) is 4.34 Å². The van der Waals surface area contributed by atoms with Crippen LogP contribution in [0.5, 0.6) is 0 Å². The molecule has 0 bridgehead atoms. The van der Waals surface area contributed by atoms with E-state index >= 15 is 0 Å². The molecule has 0 N–H and O–H groups in total. The quantitative estimate of drug-likeness (QED) is 0.531. The Morgan fingerprint density at radius 1 is 1.25 bits per heavy atom. The Balaban J connectivity index is 2.51. The molecule has 16 heavy (non-hydrogen) atoms. The number of hydrogen-bond donors (Lipinski definition) is 0. The van der Waals surface area contributed by atoms with Crippen LogP contribution in [0.3, 0.4) is 0 Å². The average Bonchev–Trinajstić information content (AvgIpc) is 2.64. The average molecular weight is 259 g/mol. The lowest BCUT2D eigenvalue weighted by atomic mass is 9.79. The van der Waals surface area contributed by atoms with Crippen molar-refractivity contribution in [3.8, 4) is 0 Å². The van der Waals surface area contributed by atoms with Crippen LogP contribution in [0.15, 0.2) is 12.1 Å². The van der Waals surface area contributed by atoms with E-state index in [0.29, 0.717) is 5.41 Å². The van der Waals surface area contributed by atoms with Crippen LogP contribution in [0.1, 0.15) is 57.8 Å². The van der Waals surface area contributed by atoms with Crippen molar-refractivity contribution in [1.82, 2.24) is 0 Å². The van der Waals surface area contributed by atoms with Crippen molar-refractivity contribution in [3.05, 3.63) is 21.3 Å². The summed E-state index contributed by atoms with van der Waals surface area (Å²) in [5.74, 6) is 0. The van der Waals surface area contributed by atoms with Crippen molar-refractivity contribution in [1.29, 1.82) is 0 Å². The molecule has 1 rings (SSSR count). The summed E-state index contributed by atoms with van der Waals surface area (Å²) in [6.07, 6.45) is 7.81. The SMILES string of the molecule is CCCCCC(C)(CC)Cc1ccc(Cl)s1. The molecule has 0 aliphatic heterocycles. The molecule has 0 saturated carbocycles. The predicted octanol–water partition coefficient (Wildman–Crippen LogP) is 5.94. The lowest BCUT2D eigenvalue weighted by Crippen LogP contribution is -2.17. The topological polar surface area (TPSA) is 0 Å². The molecule has 0 aromatic carbocycles. The summed E-state index contributed by atoms with van der Waals surface area (Å²) < 4.78 is 0.919. The molecule has 0 nitrogen and oxygen atoms in total. The summed E-state index contributed by atoms with van der Waals surface area (Å²) in [5, 5.41) is 0. The number of rotatable bonds is 7. The van der Waals surface area contributed by atoms with E-state index in [4.69, 9.17) is 11.6 Å². The third kappa shape index (κ3) is 4.47. The normalized spacial score (nSPS) is 15.0. The molecule has 0 spiro atoms. The van der Waals surface area contributed by atoms with Crippen molar-refractivity contribution in [3.63, 3.8) is 0 Å². The summed E-state index contributed by atoms with van der Waals surface area (Å²) in [7, 11) is 0. The number of thiophene rings is 1. The van der Waals surface area contributed by atoms with Crippen molar-refractivity contribution < 1.29 is 0 Å². The molecule has 1 heterocycles. The molecule has 0 fully saturated rings. The highest BCUT2D eigenvalue weighted by molar-refractivity contribution is 7.16. The van der Waals surface area contributed by atoms with Crippen molar-refractivity contribution in [2.75, 3.05) is 0 Å². The van der Waals surface area contributed by atoms with Gasteiger partial charge in [0.05, 0.1) is 4.34 Å². The largest absolute Gasteiger partial charge is 0.128 e. The Bertz CT molecular complexity index is 305.